The van der Waals surface area contributed by atoms with Gasteiger partial charge in [0.05, 0.1) is 19.8 Å². The quantitative estimate of drug-likeness (QED) is 0.516. The molecule has 0 spiro atoms. The van der Waals surface area contributed by atoms with Crippen molar-refractivity contribution >= 4 is 29.3 Å². The minimum atomic E-state index is -1.34. The number of fused-ring (bicyclic) bond motifs is 1. The smallest absolute Gasteiger partial charge is 0.325 e. The number of benzene rings is 2. The molecule has 2 aromatic rings. The van der Waals surface area contributed by atoms with Crippen LogP contribution in [0.4, 0.5) is 10.5 Å². The van der Waals surface area contributed by atoms with E-state index in [1.165, 1.54) is 0 Å². The monoisotopic (exact) mass is 451 g/mol. The van der Waals surface area contributed by atoms with Crippen LogP contribution >= 0.6 is 0 Å². The number of ketones is 1. The summed E-state index contributed by atoms with van der Waals surface area (Å²) < 4.78 is 11.3. The maximum absolute atomic E-state index is 13.2. The number of imide groups is 1. The van der Waals surface area contributed by atoms with Crippen LogP contribution < -0.4 is 20.1 Å². The molecule has 0 aliphatic carbocycles. The van der Waals surface area contributed by atoms with Crippen molar-refractivity contribution in [1.29, 1.82) is 0 Å². The molecule has 0 aromatic heterocycles. The van der Waals surface area contributed by atoms with Gasteiger partial charge in [-0.05, 0) is 48.9 Å². The first-order valence-corrected chi connectivity index (χ1v) is 10.8. The third-order valence-electron chi connectivity index (χ3n) is 5.71. The molecule has 1 unspecified atom stereocenters. The lowest BCUT2D eigenvalue weighted by Gasteiger charge is -2.23. The van der Waals surface area contributed by atoms with Crippen molar-refractivity contribution in [3.63, 3.8) is 0 Å². The molecule has 9 nitrogen and oxygen atoms in total. The van der Waals surface area contributed by atoms with Crippen molar-refractivity contribution in [2.75, 3.05) is 25.1 Å². The fourth-order valence-electron chi connectivity index (χ4n) is 3.73. The zero-order valence-electron chi connectivity index (χ0n) is 18.5. The topological polar surface area (TPSA) is 114 Å². The fraction of sp³-hybridized carbons (Fsp3) is 0.333. The average Bonchev–Trinajstić information content (AvgIpc) is 2.97. The van der Waals surface area contributed by atoms with Crippen LogP contribution in [0.2, 0.25) is 0 Å². The lowest BCUT2D eigenvalue weighted by molar-refractivity contribution is -0.130. The third-order valence-corrected chi connectivity index (χ3v) is 5.71. The number of urea groups is 1. The van der Waals surface area contributed by atoms with Gasteiger partial charge in [-0.25, -0.2) is 4.79 Å². The van der Waals surface area contributed by atoms with Crippen molar-refractivity contribution in [1.82, 2.24) is 10.2 Å². The van der Waals surface area contributed by atoms with E-state index in [4.69, 9.17) is 9.47 Å². The molecule has 0 radical (unpaired) electrons. The first kappa shape index (κ1) is 22.3. The van der Waals surface area contributed by atoms with E-state index >= 15 is 0 Å². The fourth-order valence-corrected chi connectivity index (χ4v) is 3.73. The van der Waals surface area contributed by atoms with Crippen LogP contribution in [-0.2, 0) is 15.1 Å². The van der Waals surface area contributed by atoms with E-state index in [0.29, 0.717) is 47.9 Å². The van der Waals surface area contributed by atoms with Crippen LogP contribution in [0.25, 0.3) is 0 Å². The number of amides is 4. The molecule has 2 heterocycles. The van der Waals surface area contributed by atoms with Crippen molar-refractivity contribution in [3.05, 3.63) is 53.6 Å². The minimum Gasteiger partial charge on any atom is -0.490 e. The predicted octanol–water partition coefficient (Wildman–Crippen LogP) is 2.85. The van der Waals surface area contributed by atoms with Crippen molar-refractivity contribution in [2.24, 2.45) is 0 Å². The van der Waals surface area contributed by atoms with Gasteiger partial charge in [0.1, 0.15) is 5.54 Å². The highest BCUT2D eigenvalue weighted by molar-refractivity contribution is 6.11. The number of hydrogen-bond donors (Lipinski definition) is 2. The molecule has 2 aromatic carbocycles. The van der Waals surface area contributed by atoms with Crippen LogP contribution in [0, 0.1) is 0 Å². The van der Waals surface area contributed by atoms with Crippen molar-refractivity contribution in [2.45, 2.75) is 32.2 Å². The van der Waals surface area contributed by atoms with Gasteiger partial charge in [0.15, 0.2) is 17.3 Å². The van der Waals surface area contributed by atoms with E-state index in [9.17, 15) is 19.2 Å². The minimum absolute atomic E-state index is 0.137. The summed E-state index contributed by atoms with van der Waals surface area (Å²) in [6.45, 7) is 3.98. The van der Waals surface area contributed by atoms with E-state index in [1.807, 2.05) is 0 Å². The molecule has 172 valence electrons. The summed E-state index contributed by atoms with van der Waals surface area (Å²) in [7, 11) is 0. The number of ether oxygens (including phenoxy) is 2. The first-order valence-electron chi connectivity index (χ1n) is 10.8. The van der Waals surface area contributed by atoms with Gasteiger partial charge in [0.2, 0.25) is 5.91 Å². The van der Waals surface area contributed by atoms with E-state index in [2.05, 4.69) is 10.6 Å². The van der Waals surface area contributed by atoms with Crippen molar-refractivity contribution < 1.29 is 28.7 Å². The molecule has 2 N–H and O–H groups in total. The van der Waals surface area contributed by atoms with Crippen LogP contribution in [0.5, 0.6) is 11.5 Å². The summed E-state index contributed by atoms with van der Waals surface area (Å²) in [5.74, 6) is 0.0414. The number of carbonyl (C=O) groups excluding carboxylic acids is 4. The molecule has 1 fully saturated rings. The summed E-state index contributed by atoms with van der Waals surface area (Å²) in [6, 6.07) is 10.8. The Kier molecular flexibility index (Phi) is 6.04. The molecule has 4 amide bonds. The van der Waals surface area contributed by atoms with Gasteiger partial charge in [-0.3, -0.25) is 19.3 Å². The van der Waals surface area contributed by atoms with E-state index < -0.39 is 29.8 Å². The highest BCUT2D eigenvalue weighted by Gasteiger charge is 2.49. The lowest BCUT2D eigenvalue weighted by atomic mass is 9.91. The second-order valence-corrected chi connectivity index (χ2v) is 8.06. The van der Waals surface area contributed by atoms with Gasteiger partial charge in [-0.1, -0.05) is 13.0 Å². The highest BCUT2D eigenvalue weighted by atomic mass is 16.5. The number of nitrogens with one attached hydrogen (secondary N) is 2. The maximum Gasteiger partial charge on any atom is 0.325 e. The molecule has 9 heteroatoms. The maximum atomic E-state index is 13.2. The second kappa shape index (κ2) is 8.93. The van der Waals surface area contributed by atoms with Crippen LogP contribution in [0.1, 0.15) is 42.6 Å². The average molecular weight is 451 g/mol. The lowest BCUT2D eigenvalue weighted by Crippen LogP contribution is -2.41. The molecular weight excluding hydrogens is 426 g/mol. The van der Waals surface area contributed by atoms with Gasteiger partial charge < -0.3 is 20.1 Å². The summed E-state index contributed by atoms with van der Waals surface area (Å²) in [6.07, 6.45) is 1.09. The van der Waals surface area contributed by atoms with Gasteiger partial charge in [0, 0.05) is 24.1 Å². The molecule has 1 saturated heterocycles. The van der Waals surface area contributed by atoms with Gasteiger partial charge in [0.25, 0.3) is 5.91 Å². The number of Topliss-reactive ketones (excluding diaryl/α,β-unsaturated/α-hetero) is 1. The van der Waals surface area contributed by atoms with Gasteiger partial charge >= 0.3 is 6.03 Å². The van der Waals surface area contributed by atoms with Gasteiger partial charge in [-0.15, -0.1) is 0 Å². The largest absolute Gasteiger partial charge is 0.490 e. The molecule has 1 atom stereocenters. The van der Waals surface area contributed by atoms with Crippen LogP contribution in [0.3, 0.4) is 0 Å². The Bertz CT molecular complexity index is 1110. The molecule has 2 aliphatic rings. The molecule has 2 aliphatic heterocycles. The summed E-state index contributed by atoms with van der Waals surface area (Å²) in [5, 5.41) is 5.41. The standard InChI is InChI=1S/C24H25N3O6/c1-3-21(29)25-17-8-5-15(6-9-17)18(28)14-27-22(30)24(2,26-23(27)31)16-7-10-19-20(13-16)33-12-4-11-32-19/h5-10,13H,3-4,11-12,14H2,1-2H3,(H,25,29)(H,26,31). The number of anilines is 1. The van der Waals surface area contributed by atoms with E-state index in [0.717, 1.165) is 11.3 Å². The Morgan fingerprint density at radius 2 is 1.76 bits per heavy atom. The SMILES string of the molecule is CCC(=O)Nc1ccc(C(=O)CN2C(=O)NC(C)(c3ccc4c(c3)OCCCO4)C2=O)cc1. The number of rotatable bonds is 6. The Morgan fingerprint density at radius 1 is 1.06 bits per heavy atom. The normalized spacial score (nSPS) is 19.6. The zero-order valence-corrected chi connectivity index (χ0v) is 18.5. The van der Waals surface area contributed by atoms with Crippen molar-refractivity contribution in [3.8, 4) is 11.5 Å². The summed E-state index contributed by atoms with van der Waals surface area (Å²) in [4.78, 5) is 51.0. The number of hydrogen-bond acceptors (Lipinski definition) is 6. The Morgan fingerprint density at radius 3 is 2.45 bits per heavy atom. The van der Waals surface area contributed by atoms with E-state index in [1.54, 1.807) is 56.3 Å². The Hall–Kier alpha value is -3.88. The van der Waals surface area contributed by atoms with E-state index in [-0.39, 0.29) is 5.91 Å². The Balaban J connectivity index is 1.49. The van der Waals surface area contributed by atoms with Crippen LogP contribution in [0.15, 0.2) is 42.5 Å². The predicted molar refractivity (Wildman–Crippen MR) is 119 cm³/mol. The number of nitrogens with zero attached hydrogens (tertiary/aromatic N) is 1. The summed E-state index contributed by atoms with van der Waals surface area (Å²) >= 11 is 0. The Labute approximate surface area is 191 Å². The number of carbonyl (C=O) groups is 4. The third kappa shape index (κ3) is 4.39. The van der Waals surface area contributed by atoms with Gasteiger partial charge in [-0.2, -0.15) is 0 Å². The van der Waals surface area contributed by atoms with Crippen LogP contribution in [-0.4, -0.2) is 48.3 Å². The highest BCUT2D eigenvalue weighted by Crippen LogP contribution is 2.36. The molecular formula is C24H25N3O6. The molecule has 0 bridgehead atoms. The second-order valence-electron chi connectivity index (χ2n) is 8.06. The molecule has 4 rings (SSSR count). The molecule has 33 heavy (non-hydrogen) atoms. The summed E-state index contributed by atoms with van der Waals surface area (Å²) in [5.41, 5.74) is 0.0943. The molecule has 0 saturated carbocycles. The zero-order chi connectivity index (χ0) is 23.6. The first-order chi connectivity index (χ1) is 15.8.